The summed E-state index contributed by atoms with van der Waals surface area (Å²) in [5.41, 5.74) is 2.89. The summed E-state index contributed by atoms with van der Waals surface area (Å²) in [7, 11) is 0. The highest BCUT2D eigenvalue weighted by Crippen LogP contribution is 2.29. The molecule has 1 aliphatic rings. The van der Waals surface area contributed by atoms with Crippen molar-refractivity contribution in [1.29, 1.82) is 0 Å². The van der Waals surface area contributed by atoms with Crippen LogP contribution in [0.15, 0.2) is 45.5 Å². The number of piperidine rings is 1. The van der Waals surface area contributed by atoms with E-state index in [-0.39, 0.29) is 5.91 Å². The molecule has 2 heterocycles. The molecule has 4 nitrogen and oxygen atoms in total. The summed E-state index contributed by atoms with van der Waals surface area (Å²) in [5, 5.41) is 3.04. The number of aromatic nitrogens is 1. The van der Waals surface area contributed by atoms with E-state index < -0.39 is 0 Å². The highest BCUT2D eigenvalue weighted by atomic mass is 79.9. The molecule has 3 rings (SSSR count). The molecule has 0 spiro atoms. The number of rotatable bonds is 4. The maximum Gasteiger partial charge on any atom is 0.253 e. The van der Waals surface area contributed by atoms with Crippen molar-refractivity contribution in [2.45, 2.75) is 25.7 Å². The average Bonchev–Trinajstić information content (AvgIpc) is 2.64. The van der Waals surface area contributed by atoms with Crippen LogP contribution in [0.2, 0.25) is 0 Å². The van der Waals surface area contributed by atoms with Gasteiger partial charge in [0.1, 0.15) is 0 Å². The Morgan fingerprint density at radius 3 is 2.72 bits per heavy atom. The van der Waals surface area contributed by atoms with Crippen molar-refractivity contribution in [1.82, 2.24) is 15.2 Å². The Morgan fingerprint density at radius 1 is 1.28 bits per heavy atom. The normalized spacial score (nSPS) is 16.0. The summed E-state index contributed by atoms with van der Waals surface area (Å²) in [5.74, 6) is 0.471. The molecule has 1 aromatic heterocycles. The lowest BCUT2D eigenvalue weighted by atomic mass is 9.93. The van der Waals surface area contributed by atoms with Gasteiger partial charge in [-0.2, -0.15) is 0 Å². The number of carbonyl (C=O) groups excluding carboxylic acids is 1. The standard InChI is InChI=1S/C19H21Br2N3O/c1-13-10-15(18(21)16(20)11-13)19(25)23-12-24-8-5-14(6-9-24)17-4-2-3-7-22-17/h2-4,7,10-11,14H,5-6,8-9,12H2,1H3,(H,23,25). The van der Waals surface area contributed by atoms with Gasteiger partial charge in [0.15, 0.2) is 0 Å². The number of aryl methyl sites for hydroxylation is 1. The fourth-order valence-electron chi connectivity index (χ4n) is 3.17. The summed E-state index contributed by atoms with van der Waals surface area (Å²) >= 11 is 6.96. The third-order valence-electron chi connectivity index (χ3n) is 4.57. The van der Waals surface area contributed by atoms with Crippen LogP contribution in [-0.4, -0.2) is 35.5 Å². The lowest BCUT2D eigenvalue weighted by Crippen LogP contribution is -2.41. The highest BCUT2D eigenvalue weighted by molar-refractivity contribution is 9.13. The Kier molecular flexibility index (Phi) is 6.25. The molecule has 0 atom stereocenters. The van der Waals surface area contributed by atoms with Crippen LogP contribution in [0.3, 0.4) is 0 Å². The zero-order valence-corrected chi connectivity index (χ0v) is 17.3. The molecule has 0 saturated carbocycles. The quantitative estimate of drug-likeness (QED) is 0.722. The average molecular weight is 467 g/mol. The number of pyridine rings is 1. The first kappa shape index (κ1) is 18.5. The number of benzene rings is 1. The van der Waals surface area contributed by atoms with E-state index in [2.05, 4.69) is 53.1 Å². The predicted molar refractivity (Wildman–Crippen MR) is 107 cm³/mol. The summed E-state index contributed by atoms with van der Waals surface area (Å²) < 4.78 is 1.69. The van der Waals surface area contributed by atoms with Gasteiger partial charge in [0.25, 0.3) is 5.91 Å². The SMILES string of the molecule is Cc1cc(Br)c(Br)c(C(=O)NCN2CCC(c3ccccn3)CC2)c1. The third kappa shape index (κ3) is 4.68. The van der Waals surface area contributed by atoms with Gasteiger partial charge in [0, 0.05) is 39.8 Å². The molecule has 1 aromatic carbocycles. The number of amides is 1. The van der Waals surface area contributed by atoms with Gasteiger partial charge in [-0.25, -0.2) is 0 Å². The molecule has 0 aliphatic carbocycles. The third-order valence-corrected chi connectivity index (χ3v) is 6.59. The van der Waals surface area contributed by atoms with Gasteiger partial charge < -0.3 is 5.32 Å². The van der Waals surface area contributed by atoms with Crippen LogP contribution in [0.1, 0.15) is 40.4 Å². The lowest BCUT2D eigenvalue weighted by Gasteiger charge is -2.31. The summed E-state index contributed by atoms with van der Waals surface area (Å²) in [6.45, 7) is 4.50. The van der Waals surface area contributed by atoms with Gasteiger partial charge in [0.05, 0.1) is 12.2 Å². The maximum atomic E-state index is 12.5. The topological polar surface area (TPSA) is 45.2 Å². The first-order valence-corrected chi connectivity index (χ1v) is 10.0. The molecular formula is C19H21Br2N3O. The smallest absolute Gasteiger partial charge is 0.253 e. The molecule has 0 radical (unpaired) electrons. The largest absolute Gasteiger partial charge is 0.339 e. The first-order chi connectivity index (χ1) is 12.0. The first-order valence-electron chi connectivity index (χ1n) is 8.41. The van der Waals surface area contributed by atoms with E-state index in [9.17, 15) is 4.79 Å². The molecule has 0 unspecified atom stereocenters. The van der Waals surface area contributed by atoms with Crippen molar-refractivity contribution in [3.8, 4) is 0 Å². The minimum absolute atomic E-state index is 0.0527. The zero-order valence-electron chi connectivity index (χ0n) is 14.1. The van der Waals surface area contributed by atoms with E-state index in [1.54, 1.807) is 0 Å². The molecule has 1 N–H and O–H groups in total. The number of nitrogens with zero attached hydrogens (tertiary/aromatic N) is 2. The molecule has 25 heavy (non-hydrogen) atoms. The molecule has 1 aliphatic heterocycles. The Bertz CT molecular complexity index is 744. The van der Waals surface area contributed by atoms with Crippen LogP contribution >= 0.6 is 31.9 Å². The summed E-state index contributed by atoms with van der Waals surface area (Å²) in [6.07, 6.45) is 4.01. The van der Waals surface area contributed by atoms with Crippen LogP contribution in [-0.2, 0) is 0 Å². The molecular weight excluding hydrogens is 446 g/mol. The van der Waals surface area contributed by atoms with Gasteiger partial charge in [0.2, 0.25) is 0 Å². The Morgan fingerprint density at radius 2 is 2.04 bits per heavy atom. The van der Waals surface area contributed by atoms with Crippen molar-refractivity contribution in [3.63, 3.8) is 0 Å². The Balaban J connectivity index is 1.53. The van der Waals surface area contributed by atoms with Crippen LogP contribution in [0.25, 0.3) is 0 Å². The number of likely N-dealkylation sites (tertiary alicyclic amines) is 1. The van der Waals surface area contributed by atoms with E-state index in [0.717, 1.165) is 40.4 Å². The van der Waals surface area contributed by atoms with Gasteiger partial charge in [-0.05, 0) is 81.5 Å². The van der Waals surface area contributed by atoms with Crippen molar-refractivity contribution in [2.75, 3.05) is 19.8 Å². The second kappa shape index (κ2) is 8.43. The Hall–Kier alpha value is -1.24. The van der Waals surface area contributed by atoms with E-state index >= 15 is 0 Å². The van der Waals surface area contributed by atoms with Gasteiger partial charge >= 0.3 is 0 Å². The number of carbonyl (C=O) groups is 1. The molecule has 1 amide bonds. The molecule has 0 bridgehead atoms. The van der Waals surface area contributed by atoms with Crippen LogP contribution in [0.4, 0.5) is 0 Å². The minimum atomic E-state index is -0.0527. The van der Waals surface area contributed by atoms with Crippen molar-refractivity contribution in [3.05, 3.63) is 62.3 Å². The van der Waals surface area contributed by atoms with Gasteiger partial charge in [-0.3, -0.25) is 14.7 Å². The molecule has 1 saturated heterocycles. The van der Waals surface area contributed by atoms with E-state index in [1.807, 2.05) is 37.4 Å². The number of hydrogen-bond acceptors (Lipinski definition) is 3. The predicted octanol–water partition coefficient (Wildman–Crippen LogP) is 4.48. The molecule has 6 heteroatoms. The van der Waals surface area contributed by atoms with Crippen LogP contribution in [0, 0.1) is 6.92 Å². The maximum absolute atomic E-state index is 12.5. The fourth-order valence-corrected chi connectivity index (χ4v) is 4.16. The van der Waals surface area contributed by atoms with Gasteiger partial charge in [-0.1, -0.05) is 6.07 Å². The number of hydrogen-bond donors (Lipinski definition) is 1. The van der Waals surface area contributed by atoms with E-state index in [1.165, 1.54) is 5.69 Å². The molecule has 2 aromatic rings. The molecule has 1 fully saturated rings. The van der Waals surface area contributed by atoms with Gasteiger partial charge in [-0.15, -0.1) is 0 Å². The summed E-state index contributed by atoms with van der Waals surface area (Å²) in [4.78, 5) is 19.3. The van der Waals surface area contributed by atoms with Crippen LogP contribution in [0.5, 0.6) is 0 Å². The number of nitrogens with one attached hydrogen (secondary N) is 1. The van der Waals surface area contributed by atoms with E-state index in [4.69, 9.17) is 0 Å². The number of halogens is 2. The van der Waals surface area contributed by atoms with Crippen LogP contribution < -0.4 is 5.32 Å². The van der Waals surface area contributed by atoms with Crippen molar-refractivity contribution < 1.29 is 4.79 Å². The Labute approximate surface area is 165 Å². The zero-order chi connectivity index (χ0) is 17.8. The second-order valence-electron chi connectivity index (χ2n) is 6.42. The lowest BCUT2D eigenvalue weighted by molar-refractivity contribution is 0.0909. The fraction of sp³-hybridized carbons (Fsp3) is 0.368. The van der Waals surface area contributed by atoms with E-state index in [0.29, 0.717) is 18.2 Å². The summed E-state index contributed by atoms with van der Waals surface area (Å²) in [6, 6.07) is 10.00. The second-order valence-corrected chi connectivity index (χ2v) is 8.07. The van der Waals surface area contributed by atoms with Crippen molar-refractivity contribution in [2.24, 2.45) is 0 Å². The highest BCUT2D eigenvalue weighted by Gasteiger charge is 2.22. The monoisotopic (exact) mass is 465 g/mol. The van der Waals surface area contributed by atoms with Crippen molar-refractivity contribution >= 4 is 37.8 Å². The molecule has 132 valence electrons. The minimum Gasteiger partial charge on any atom is -0.339 e.